The van der Waals surface area contributed by atoms with Gasteiger partial charge in [-0.05, 0) is 49.6 Å². The molecule has 9 nitrogen and oxygen atoms in total. The molecule has 0 saturated carbocycles. The summed E-state index contributed by atoms with van der Waals surface area (Å²) in [4.78, 5) is 48.5. The Morgan fingerprint density at radius 3 is 2.03 bits per heavy atom. The summed E-state index contributed by atoms with van der Waals surface area (Å²) in [5.74, 6) is -1.42. The normalized spacial score (nSPS) is 12.4. The Bertz CT molecular complexity index is 987. The van der Waals surface area contributed by atoms with Gasteiger partial charge in [-0.25, -0.2) is 4.79 Å². The number of nitrogens with one attached hydrogen (secondary N) is 3. The van der Waals surface area contributed by atoms with Crippen molar-refractivity contribution in [1.82, 2.24) is 10.6 Å². The molecule has 0 aliphatic carbocycles. The molecule has 176 valence electrons. The molecule has 2 unspecified atom stereocenters. The molecule has 0 saturated heterocycles. The van der Waals surface area contributed by atoms with Crippen molar-refractivity contribution >= 4 is 29.5 Å². The standard InChI is InChI=1S/C24H30N4O5/c1-14(2)20(28-22(30)18-9-5-15(3)6-10-18)23(31)26-16(4)21(29)27-19-11-7-17(8-12-19)13-33-24(25)32/h5-12,14,16,20H,13H2,1-4H3,(H2,25,32)(H,26,31)(H,27,29)(H,28,30). The van der Waals surface area contributed by atoms with E-state index in [-0.39, 0.29) is 18.4 Å². The second-order valence-electron chi connectivity index (χ2n) is 8.09. The van der Waals surface area contributed by atoms with Crippen molar-refractivity contribution in [3.8, 4) is 0 Å². The summed E-state index contributed by atoms with van der Waals surface area (Å²) in [6.07, 6.45) is -0.869. The van der Waals surface area contributed by atoms with Crippen molar-refractivity contribution in [3.63, 3.8) is 0 Å². The average Bonchev–Trinajstić information content (AvgIpc) is 2.76. The van der Waals surface area contributed by atoms with Crippen molar-refractivity contribution in [3.05, 3.63) is 65.2 Å². The number of benzene rings is 2. The number of carbonyl (C=O) groups is 4. The maximum Gasteiger partial charge on any atom is 0.404 e. The molecule has 4 amide bonds. The zero-order chi connectivity index (χ0) is 24.5. The number of hydrogen-bond donors (Lipinski definition) is 4. The van der Waals surface area contributed by atoms with Crippen LogP contribution in [0, 0.1) is 12.8 Å². The Kier molecular flexibility index (Phi) is 8.97. The predicted octanol–water partition coefficient (Wildman–Crippen LogP) is 2.49. The summed E-state index contributed by atoms with van der Waals surface area (Å²) in [5.41, 5.74) is 7.63. The minimum atomic E-state index is -0.869. The maximum atomic E-state index is 12.8. The van der Waals surface area contributed by atoms with E-state index in [1.165, 1.54) is 0 Å². The monoisotopic (exact) mass is 454 g/mol. The molecule has 33 heavy (non-hydrogen) atoms. The van der Waals surface area contributed by atoms with Crippen molar-refractivity contribution in [2.75, 3.05) is 5.32 Å². The Balaban J connectivity index is 1.94. The first-order valence-corrected chi connectivity index (χ1v) is 10.6. The van der Waals surface area contributed by atoms with E-state index in [0.717, 1.165) is 5.56 Å². The molecule has 9 heteroatoms. The lowest BCUT2D eigenvalue weighted by molar-refractivity contribution is -0.128. The summed E-state index contributed by atoms with van der Waals surface area (Å²) < 4.78 is 4.71. The van der Waals surface area contributed by atoms with E-state index in [2.05, 4.69) is 16.0 Å². The summed E-state index contributed by atoms with van der Waals surface area (Å²) in [6, 6.07) is 12.0. The molecule has 0 heterocycles. The van der Waals surface area contributed by atoms with E-state index in [9.17, 15) is 19.2 Å². The van der Waals surface area contributed by atoms with Crippen LogP contribution < -0.4 is 21.7 Å². The third-order valence-electron chi connectivity index (χ3n) is 4.90. The summed E-state index contributed by atoms with van der Waals surface area (Å²) in [6.45, 7) is 7.13. The lowest BCUT2D eigenvalue weighted by Crippen LogP contribution is -2.53. The van der Waals surface area contributed by atoms with Gasteiger partial charge in [-0.1, -0.05) is 43.7 Å². The fourth-order valence-corrected chi connectivity index (χ4v) is 2.92. The van der Waals surface area contributed by atoms with E-state index in [4.69, 9.17) is 10.5 Å². The number of aryl methyl sites for hydroxylation is 1. The van der Waals surface area contributed by atoms with Crippen LogP contribution in [0.15, 0.2) is 48.5 Å². The highest BCUT2D eigenvalue weighted by molar-refractivity contribution is 6.00. The summed E-state index contributed by atoms with van der Waals surface area (Å²) in [7, 11) is 0. The Morgan fingerprint density at radius 2 is 1.48 bits per heavy atom. The molecule has 2 aromatic rings. The van der Waals surface area contributed by atoms with Gasteiger partial charge in [-0.2, -0.15) is 0 Å². The quantitative estimate of drug-likeness (QED) is 0.461. The number of carbonyl (C=O) groups excluding carboxylic acids is 4. The van der Waals surface area contributed by atoms with Crippen LogP contribution in [-0.4, -0.2) is 35.9 Å². The molecule has 0 bridgehead atoms. The molecule has 2 rings (SSSR count). The van der Waals surface area contributed by atoms with Crippen LogP contribution in [0.5, 0.6) is 0 Å². The molecule has 0 aromatic heterocycles. The third-order valence-corrected chi connectivity index (χ3v) is 4.90. The fourth-order valence-electron chi connectivity index (χ4n) is 2.92. The SMILES string of the molecule is Cc1ccc(C(=O)NC(C(=O)NC(C)C(=O)Nc2ccc(COC(N)=O)cc2)C(C)C)cc1. The van der Waals surface area contributed by atoms with Crippen LogP contribution in [0.2, 0.25) is 0 Å². The van der Waals surface area contributed by atoms with Gasteiger partial charge in [0.25, 0.3) is 5.91 Å². The highest BCUT2D eigenvalue weighted by atomic mass is 16.5. The molecular weight excluding hydrogens is 424 g/mol. The van der Waals surface area contributed by atoms with Crippen LogP contribution in [0.3, 0.4) is 0 Å². The molecule has 2 aromatic carbocycles. The number of ether oxygens (including phenoxy) is 1. The van der Waals surface area contributed by atoms with Crippen LogP contribution in [-0.2, 0) is 20.9 Å². The summed E-state index contributed by atoms with van der Waals surface area (Å²) >= 11 is 0. The van der Waals surface area contributed by atoms with Gasteiger partial charge >= 0.3 is 6.09 Å². The van der Waals surface area contributed by atoms with Crippen molar-refractivity contribution in [2.24, 2.45) is 11.7 Å². The van der Waals surface area contributed by atoms with Gasteiger partial charge in [0.2, 0.25) is 11.8 Å². The predicted molar refractivity (Wildman–Crippen MR) is 124 cm³/mol. The van der Waals surface area contributed by atoms with Gasteiger partial charge in [-0.3, -0.25) is 14.4 Å². The van der Waals surface area contributed by atoms with Gasteiger partial charge in [0.15, 0.2) is 0 Å². The van der Waals surface area contributed by atoms with Gasteiger partial charge < -0.3 is 26.4 Å². The minimum absolute atomic E-state index is 0.0287. The average molecular weight is 455 g/mol. The topological polar surface area (TPSA) is 140 Å². The zero-order valence-corrected chi connectivity index (χ0v) is 19.2. The molecule has 0 radical (unpaired) electrons. The minimum Gasteiger partial charge on any atom is -0.445 e. The van der Waals surface area contributed by atoms with Gasteiger partial charge in [-0.15, -0.1) is 0 Å². The number of amides is 4. The molecule has 0 fully saturated rings. The zero-order valence-electron chi connectivity index (χ0n) is 19.2. The van der Waals surface area contributed by atoms with Crippen LogP contribution in [0.25, 0.3) is 0 Å². The molecule has 0 aliphatic rings. The molecule has 0 spiro atoms. The lowest BCUT2D eigenvalue weighted by atomic mass is 10.0. The van der Waals surface area contributed by atoms with E-state index >= 15 is 0 Å². The number of rotatable bonds is 9. The van der Waals surface area contributed by atoms with Crippen molar-refractivity contribution in [2.45, 2.75) is 46.4 Å². The van der Waals surface area contributed by atoms with Crippen LogP contribution in [0.4, 0.5) is 10.5 Å². The number of nitrogens with two attached hydrogens (primary N) is 1. The van der Waals surface area contributed by atoms with E-state index in [1.807, 2.05) is 32.9 Å². The Morgan fingerprint density at radius 1 is 0.879 bits per heavy atom. The maximum absolute atomic E-state index is 12.8. The van der Waals surface area contributed by atoms with E-state index in [1.54, 1.807) is 43.3 Å². The molecule has 5 N–H and O–H groups in total. The van der Waals surface area contributed by atoms with E-state index < -0.39 is 30.0 Å². The second-order valence-corrected chi connectivity index (χ2v) is 8.09. The first-order valence-electron chi connectivity index (χ1n) is 10.6. The smallest absolute Gasteiger partial charge is 0.404 e. The lowest BCUT2D eigenvalue weighted by Gasteiger charge is -2.24. The first-order chi connectivity index (χ1) is 15.6. The number of hydrogen-bond acceptors (Lipinski definition) is 5. The van der Waals surface area contributed by atoms with Crippen molar-refractivity contribution < 1.29 is 23.9 Å². The fraction of sp³-hybridized carbons (Fsp3) is 0.333. The molecule has 2 atom stereocenters. The van der Waals surface area contributed by atoms with Crippen LogP contribution in [0.1, 0.15) is 42.3 Å². The molecular formula is C24H30N4O5. The van der Waals surface area contributed by atoms with Crippen molar-refractivity contribution in [1.29, 1.82) is 0 Å². The van der Waals surface area contributed by atoms with Gasteiger partial charge in [0.1, 0.15) is 18.7 Å². The number of anilines is 1. The molecule has 0 aliphatic heterocycles. The largest absolute Gasteiger partial charge is 0.445 e. The third kappa shape index (κ3) is 7.95. The first kappa shape index (κ1) is 25.4. The second kappa shape index (κ2) is 11.7. The van der Waals surface area contributed by atoms with Gasteiger partial charge in [0, 0.05) is 11.3 Å². The van der Waals surface area contributed by atoms with Gasteiger partial charge in [0.05, 0.1) is 0 Å². The summed E-state index contributed by atoms with van der Waals surface area (Å²) in [5, 5.41) is 8.10. The van der Waals surface area contributed by atoms with E-state index in [0.29, 0.717) is 16.8 Å². The number of primary amides is 1. The van der Waals surface area contributed by atoms with Crippen LogP contribution >= 0.6 is 0 Å². The highest BCUT2D eigenvalue weighted by Gasteiger charge is 2.27. The highest BCUT2D eigenvalue weighted by Crippen LogP contribution is 2.12. The Hall–Kier alpha value is -3.88. The Labute approximate surface area is 193 Å².